The maximum atomic E-state index is 9.11. The van der Waals surface area contributed by atoms with Crippen LogP contribution in [0.5, 0.6) is 0 Å². The molecule has 0 bridgehead atoms. The molecular formula is C12H8Cl3NO. The molecule has 2 aromatic rings. The summed E-state index contributed by atoms with van der Waals surface area (Å²) in [7, 11) is 0. The van der Waals surface area contributed by atoms with Crippen molar-refractivity contribution in [2.24, 2.45) is 0 Å². The van der Waals surface area contributed by atoms with Crippen LogP contribution >= 0.6 is 34.8 Å². The zero-order valence-corrected chi connectivity index (χ0v) is 10.9. The average molecular weight is 289 g/mol. The van der Waals surface area contributed by atoms with Gasteiger partial charge in [0.25, 0.3) is 0 Å². The number of aliphatic hydroxyl groups excluding tert-OH is 1. The van der Waals surface area contributed by atoms with E-state index < -0.39 is 0 Å². The third kappa shape index (κ3) is 2.90. The van der Waals surface area contributed by atoms with Crippen molar-refractivity contribution in [1.29, 1.82) is 0 Å². The minimum absolute atomic E-state index is 0.0968. The van der Waals surface area contributed by atoms with Gasteiger partial charge in [-0.25, -0.2) is 4.98 Å². The minimum atomic E-state index is -0.0968. The van der Waals surface area contributed by atoms with Gasteiger partial charge >= 0.3 is 0 Å². The second-order valence-corrected chi connectivity index (χ2v) is 4.70. The SMILES string of the molecule is OCc1cc(Cl)nc(-c2ccc(Cl)cc2Cl)c1. The molecule has 0 aliphatic rings. The molecule has 0 saturated heterocycles. The number of aromatic nitrogens is 1. The molecule has 1 aromatic carbocycles. The summed E-state index contributed by atoms with van der Waals surface area (Å²) in [5.41, 5.74) is 2.03. The lowest BCUT2D eigenvalue weighted by atomic mass is 10.1. The van der Waals surface area contributed by atoms with Crippen LogP contribution in [-0.2, 0) is 6.61 Å². The number of pyridine rings is 1. The highest BCUT2D eigenvalue weighted by atomic mass is 35.5. The lowest BCUT2D eigenvalue weighted by Gasteiger charge is -2.06. The minimum Gasteiger partial charge on any atom is -0.392 e. The van der Waals surface area contributed by atoms with Crippen molar-refractivity contribution in [2.45, 2.75) is 6.61 Å². The second-order valence-electron chi connectivity index (χ2n) is 3.47. The van der Waals surface area contributed by atoms with Crippen molar-refractivity contribution in [3.63, 3.8) is 0 Å². The second kappa shape index (κ2) is 5.23. The van der Waals surface area contributed by atoms with Crippen molar-refractivity contribution in [3.8, 4) is 11.3 Å². The number of hydrogen-bond acceptors (Lipinski definition) is 2. The third-order valence-corrected chi connectivity index (χ3v) is 2.98. The Labute approximate surface area is 114 Å². The Morgan fingerprint density at radius 1 is 1.06 bits per heavy atom. The Hall–Kier alpha value is -0.800. The normalized spacial score (nSPS) is 10.6. The number of hydrogen-bond donors (Lipinski definition) is 1. The monoisotopic (exact) mass is 287 g/mol. The summed E-state index contributed by atoms with van der Waals surface area (Å²) >= 11 is 17.8. The van der Waals surface area contributed by atoms with E-state index in [0.717, 1.165) is 5.56 Å². The lowest BCUT2D eigenvalue weighted by molar-refractivity contribution is 0.282. The molecule has 1 heterocycles. The third-order valence-electron chi connectivity index (χ3n) is 2.24. The van der Waals surface area contributed by atoms with Gasteiger partial charge in [0.1, 0.15) is 5.15 Å². The average Bonchev–Trinajstić information content (AvgIpc) is 2.28. The summed E-state index contributed by atoms with van der Waals surface area (Å²) in [6.45, 7) is -0.0968. The smallest absolute Gasteiger partial charge is 0.130 e. The van der Waals surface area contributed by atoms with Gasteiger partial charge in [-0.3, -0.25) is 0 Å². The molecule has 0 atom stereocenters. The topological polar surface area (TPSA) is 33.1 Å². The van der Waals surface area contributed by atoms with E-state index in [1.165, 1.54) is 0 Å². The van der Waals surface area contributed by atoms with E-state index in [-0.39, 0.29) is 6.61 Å². The first-order valence-electron chi connectivity index (χ1n) is 4.83. The number of benzene rings is 1. The maximum Gasteiger partial charge on any atom is 0.130 e. The van der Waals surface area contributed by atoms with Crippen molar-refractivity contribution >= 4 is 34.8 Å². The van der Waals surface area contributed by atoms with Crippen LogP contribution in [0.3, 0.4) is 0 Å². The highest BCUT2D eigenvalue weighted by Gasteiger charge is 2.08. The zero-order valence-electron chi connectivity index (χ0n) is 8.62. The molecule has 0 spiro atoms. The van der Waals surface area contributed by atoms with Gasteiger partial charge in [0, 0.05) is 10.6 Å². The van der Waals surface area contributed by atoms with Gasteiger partial charge in [-0.05, 0) is 35.9 Å². The Morgan fingerprint density at radius 3 is 2.47 bits per heavy atom. The quantitative estimate of drug-likeness (QED) is 0.840. The number of nitrogens with zero attached hydrogens (tertiary/aromatic N) is 1. The molecule has 0 aliphatic heterocycles. The molecule has 0 fully saturated rings. The molecule has 17 heavy (non-hydrogen) atoms. The summed E-state index contributed by atoms with van der Waals surface area (Å²) in [5.74, 6) is 0. The number of halogens is 3. The molecule has 2 nitrogen and oxygen atoms in total. The Kier molecular flexibility index (Phi) is 3.89. The van der Waals surface area contributed by atoms with Crippen LogP contribution in [0.1, 0.15) is 5.56 Å². The summed E-state index contributed by atoms with van der Waals surface area (Å²) in [5, 5.41) is 10.5. The highest BCUT2D eigenvalue weighted by molar-refractivity contribution is 6.36. The molecule has 2 rings (SSSR count). The van der Waals surface area contributed by atoms with Gasteiger partial charge in [-0.15, -0.1) is 0 Å². The summed E-state index contributed by atoms with van der Waals surface area (Å²) in [4.78, 5) is 4.17. The van der Waals surface area contributed by atoms with Crippen LogP contribution in [0.25, 0.3) is 11.3 Å². The molecular weight excluding hydrogens is 280 g/mol. The molecule has 1 aromatic heterocycles. The highest BCUT2D eigenvalue weighted by Crippen LogP contribution is 2.30. The van der Waals surface area contributed by atoms with Crippen LogP contribution < -0.4 is 0 Å². The summed E-state index contributed by atoms with van der Waals surface area (Å²) < 4.78 is 0. The fourth-order valence-corrected chi connectivity index (χ4v) is 2.21. The zero-order chi connectivity index (χ0) is 12.4. The Bertz CT molecular complexity index is 557. The van der Waals surface area contributed by atoms with E-state index in [1.54, 1.807) is 30.3 Å². The Balaban J connectivity index is 2.55. The largest absolute Gasteiger partial charge is 0.392 e. The van der Waals surface area contributed by atoms with Crippen LogP contribution in [0.15, 0.2) is 30.3 Å². The predicted octanol–water partition coefficient (Wildman–Crippen LogP) is 4.20. The Morgan fingerprint density at radius 2 is 1.82 bits per heavy atom. The first-order chi connectivity index (χ1) is 8.10. The van der Waals surface area contributed by atoms with Crippen LogP contribution in [-0.4, -0.2) is 10.1 Å². The molecule has 5 heteroatoms. The van der Waals surface area contributed by atoms with Gasteiger partial charge in [0.05, 0.1) is 17.3 Å². The molecule has 88 valence electrons. The van der Waals surface area contributed by atoms with Gasteiger partial charge in [-0.1, -0.05) is 34.8 Å². The van der Waals surface area contributed by atoms with Crippen LogP contribution in [0.4, 0.5) is 0 Å². The van der Waals surface area contributed by atoms with Gasteiger partial charge < -0.3 is 5.11 Å². The first kappa shape index (κ1) is 12.7. The molecule has 0 unspecified atom stereocenters. The van der Waals surface area contributed by atoms with E-state index >= 15 is 0 Å². The lowest BCUT2D eigenvalue weighted by Crippen LogP contribution is -1.90. The van der Waals surface area contributed by atoms with Crippen molar-refractivity contribution in [1.82, 2.24) is 4.98 Å². The van der Waals surface area contributed by atoms with Gasteiger partial charge in [-0.2, -0.15) is 0 Å². The van der Waals surface area contributed by atoms with Crippen LogP contribution in [0, 0.1) is 0 Å². The molecule has 0 amide bonds. The van der Waals surface area contributed by atoms with Crippen molar-refractivity contribution in [2.75, 3.05) is 0 Å². The summed E-state index contributed by atoms with van der Waals surface area (Å²) in [6, 6.07) is 8.48. The maximum absolute atomic E-state index is 9.11. The van der Waals surface area contributed by atoms with E-state index in [2.05, 4.69) is 4.98 Å². The van der Waals surface area contributed by atoms with E-state index in [1.807, 2.05) is 0 Å². The van der Waals surface area contributed by atoms with Crippen molar-refractivity contribution in [3.05, 3.63) is 51.1 Å². The van der Waals surface area contributed by atoms with Gasteiger partial charge in [0.2, 0.25) is 0 Å². The fourth-order valence-electron chi connectivity index (χ4n) is 1.48. The summed E-state index contributed by atoms with van der Waals surface area (Å²) in [6.07, 6.45) is 0. The van der Waals surface area contributed by atoms with E-state index in [0.29, 0.717) is 26.5 Å². The number of rotatable bonds is 2. The molecule has 0 saturated carbocycles. The number of aliphatic hydroxyl groups is 1. The van der Waals surface area contributed by atoms with Gasteiger partial charge in [0.15, 0.2) is 0 Å². The predicted molar refractivity (Wildman–Crippen MR) is 70.6 cm³/mol. The van der Waals surface area contributed by atoms with Crippen LogP contribution in [0.2, 0.25) is 15.2 Å². The standard InChI is InChI=1S/C12H8Cl3NO/c13-8-1-2-9(10(14)5-8)11-3-7(6-17)4-12(15)16-11/h1-5,17H,6H2. The fraction of sp³-hybridized carbons (Fsp3) is 0.0833. The van der Waals surface area contributed by atoms with Crippen molar-refractivity contribution < 1.29 is 5.11 Å². The molecule has 0 aliphatic carbocycles. The first-order valence-corrected chi connectivity index (χ1v) is 5.96. The van der Waals surface area contributed by atoms with E-state index in [4.69, 9.17) is 39.9 Å². The molecule has 1 N–H and O–H groups in total. The molecule has 0 radical (unpaired) electrons. The van der Waals surface area contributed by atoms with E-state index in [9.17, 15) is 0 Å².